The smallest absolute Gasteiger partial charge is 0.172 e. The molecule has 3 atom stereocenters. The molecular formula is C38H66N2O5P2. The summed E-state index contributed by atoms with van der Waals surface area (Å²) in [5.41, 5.74) is 0.334. The van der Waals surface area contributed by atoms with E-state index in [0.29, 0.717) is 31.1 Å². The quantitative estimate of drug-likeness (QED) is 0.247. The molecule has 0 bridgehead atoms. The first-order valence-electron chi connectivity index (χ1n) is 20.0. The van der Waals surface area contributed by atoms with Gasteiger partial charge in [0.25, 0.3) is 0 Å². The van der Waals surface area contributed by atoms with Gasteiger partial charge >= 0.3 is 0 Å². The number of rotatable bonds is 0. The van der Waals surface area contributed by atoms with E-state index in [1.807, 2.05) is 10.1 Å². The van der Waals surface area contributed by atoms with Crippen molar-refractivity contribution in [1.82, 2.24) is 10.1 Å². The van der Waals surface area contributed by atoms with Crippen molar-refractivity contribution in [1.29, 1.82) is 0 Å². The van der Waals surface area contributed by atoms with Gasteiger partial charge in [0.2, 0.25) is 0 Å². The zero-order valence-electron chi connectivity index (χ0n) is 29.3. The summed E-state index contributed by atoms with van der Waals surface area (Å²) in [6, 6.07) is 0. The second-order valence-corrected chi connectivity index (χ2v) is 20.6. The molecule has 4 heterocycles. The molecule has 7 nitrogen and oxygen atoms in total. The summed E-state index contributed by atoms with van der Waals surface area (Å²) >= 11 is 0. The molecule has 268 valence electrons. The predicted molar refractivity (Wildman–Crippen MR) is 191 cm³/mol. The van der Waals surface area contributed by atoms with Crippen molar-refractivity contribution >= 4 is 18.5 Å². The van der Waals surface area contributed by atoms with Crippen LogP contribution in [0, 0.1) is 5.41 Å². The monoisotopic (exact) mass is 692 g/mol. The van der Waals surface area contributed by atoms with Crippen LogP contribution in [0.4, 0.5) is 0 Å². The Balaban J connectivity index is 1.00. The number of piperidine rings is 2. The summed E-state index contributed by atoms with van der Waals surface area (Å²) in [7, 11) is 6.15. The molecule has 8 rings (SSSR count). The van der Waals surface area contributed by atoms with Gasteiger partial charge in [-0.15, -0.1) is 18.5 Å². The molecule has 47 heavy (non-hydrogen) atoms. The summed E-state index contributed by atoms with van der Waals surface area (Å²) in [6.07, 6.45) is 28.6. The molecule has 0 aromatic heterocycles. The van der Waals surface area contributed by atoms with Crippen molar-refractivity contribution in [2.45, 2.75) is 212 Å². The van der Waals surface area contributed by atoms with Crippen LogP contribution >= 0.6 is 18.5 Å². The number of hydrogen-bond donors (Lipinski definition) is 2. The first-order chi connectivity index (χ1) is 22.6. The van der Waals surface area contributed by atoms with Crippen molar-refractivity contribution in [3.8, 4) is 0 Å². The molecule has 7 spiro atoms. The van der Waals surface area contributed by atoms with Gasteiger partial charge in [0, 0.05) is 29.3 Å². The molecule has 9 heteroatoms. The van der Waals surface area contributed by atoms with Crippen LogP contribution in [0.15, 0.2) is 0 Å². The molecule has 3 unspecified atom stereocenters. The average Bonchev–Trinajstić information content (AvgIpc) is 3.07. The molecule has 0 amide bonds. The number of ether oxygens (including phenoxy) is 3. The Kier molecular flexibility index (Phi) is 9.52. The van der Waals surface area contributed by atoms with Gasteiger partial charge in [0.1, 0.15) is 0 Å². The molecule has 0 aromatic rings. The van der Waals surface area contributed by atoms with E-state index in [0.717, 1.165) is 89.9 Å². The largest absolute Gasteiger partial charge is 0.374 e. The van der Waals surface area contributed by atoms with Gasteiger partial charge < -0.3 is 24.6 Å². The van der Waals surface area contributed by atoms with E-state index in [-0.39, 0.29) is 33.2 Å². The minimum atomic E-state index is -0.588. The van der Waals surface area contributed by atoms with E-state index in [1.165, 1.54) is 77.0 Å². The van der Waals surface area contributed by atoms with Crippen molar-refractivity contribution < 1.29 is 24.6 Å². The molecule has 4 aliphatic heterocycles. The van der Waals surface area contributed by atoms with Crippen LogP contribution in [0.3, 0.4) is 0 Å². The molecule has 0 radical (unpaired) electrons. The topological polar surface area (TPSA) is 74.6 Å². The van der Waals surface area contributed by atoms with E-state index in [1.54, 1.807) is 0 Å². The number of hydrogen-bond acceptors (Lipinski definition) is 7. The van der Waals surface area contributed by atoms with Crippen molar-refractivity contribution in [2.75, 3.05) is 19.8 Å². The van der Waals surface area contributed by atoms with Gasteiger partial charge in [-0.2, -0.15) is 10.1 Å². The van der Waals surface area contributed by atoms with E-state index in [9.17, 15) is 10.4 Å². The van der Waals surface area contributed by atoms with Crippen LogP contribution < -0.4 is 0 Å². The molecule has 4 saturated heterocycles. The van der Waals surface area contributed by atoms with Gasteiger partial charge in [-0.05, 0) is 114 Å². The lowest BCUT2D eigenvalue weighted by atomic mass is 9.59. The Morgan fingerprint density at radius 1 is 0.447 bits per heavy atom. The van der Waals surface area contributed by atoms with E-state index < -0.39 is 5.79 Å². The Labute approximate surface area is 289 Å². The lowest BCUT2D eigenvalue weighted by Gasteiger charge is -2.65. The maximum absolute atomic E-state index is 12.3. The molecule has 8 fully saturated rings. The van der Waals surface area contributed by atoms with Crippen molar-refractivity contribution in [3.05, 3.63) is 0 Å². The Morgan fingerprint density at radius 2 is 0.872 bits per heavy atom. The summed E-state index contributed by atoms with van der Waals surface area (Å²) in [6.45, 7) is 2.10. The van der Waals surface area contributed by atoms with Gasteiger partial charge in [-0.3, -0.25) is 0 Å². The zero-order valence-corrected chi connectivity index (χ0v) is 31.6. The first-order valence-corrected chi connectivity index (χ1v) is 21.3. The highest BCUT2D eigenvalue weighted by Gasteiger charge is 2.65. The third kappa shape index (κ3) is 6.16. The third-order valence-electron chi connectivity index (χ3n) is 15.3. The fraction of sp³-hybridized carbons (Fsp3) is 1.00. The third-order valence-corrected chi connectivity index (χ3v) is 16.7. The molecule has 4 saturated carbocycles. The van der Waals surface area contributed by atoms with Gasteiger partial charge in [-0.1, -0.05) is 51.4 Å². The van der Waals surface area contributed by atoms with E-state index >= 15 is 0 Å². The molecule has 2 N–H and O–H groups in total. The summed E-state index contributed by atoms with van der Waals surface area (Å²) in [4.78, 5) is 0. The maximum Gasteiger partial charge on any atom is 0.172 e. The van der Waals surface area contributed by atoms with E-state index in [4.69, 9.17) is 14.2 Å². The van der Waals surface area contributed by atoms with Crippen LogP contribution in [0.2, 0.25) is 0 Å². The SMILES string of the molecule is ON1C2(CCCC(P)CCC2)CC2(CCC3(CO2)COC2(CC4(CCCCC4)N(O)C4(CCCCC4)C2)OC3)CC12CCC(P)CC2. The zero-order chi connectivity index (χ0) is 32.4. The minimum Gasteiger partial charge on any atom is -0.374 e. The fourth-order valence-electron chi connectivity index (χ4n) is 12.7. The highest BCUT2D eigenvalue weighted by Crippen LogP contribution is 2.60. The van der Waals surface area contributed by atoms with Gasteiger partial charge in [0.05, 0.1) is 36.5 Å². The van der Waals surface area contributed by atoms with Gasteiger partial charge in [-0.25, -0.2) is 0 Å². The second kappa shape index (κ2) is 12.9. The van der Waals surface area contributed by atoms with Crippen molar-refractivity contribution in [2.24, 2.45) is 5.41 Å². The standard InChI is InChI=1S/C38H66N2O5P2/c41-39-33(17-7-9-30(46)10-8-18-33)23-37(24-36(39)19-11-31(47)12-20-36)22-21-32(27-43-37)28-44-38(45-29-32)25-34(13-3-1-4-14-34)40(42)35(26-38)15-5-2-6-16-35/h30-31,41-42H,1-29,46-47H2. The van der Waals surface area contributed by atoms with Crippen LogP contribution in [0.1, 0.15) is 167 Å². The second-order valence-electron chi connectivity index (χ2n) is 18.7. The Morgan fingerprint density at radius 3 is 1.36 bits per heavy atom. The maximum atomic E-state index is 12.3. The number of hydroxylamine groups is 4. The first kappa shape index (κ1) is 34.7. The number of nitrogens with zero attached hydrogens (tertiary/aromatic N) is 2. The highest BCUT2D eigenvalue weighted by molar-refractivity contribution is 7.17. The van der Waals surface area contributed by atoms with Crippen LogP contribution in [0.5, 0.6) is 0 Å². The normalized spacial score (nSPS) is 48.0. The summed E-state index contributed by atoms with van der Waals surface area (Å²) < 4.78 is 21.4. The molecule has 4 aliphatic carbocycles. The molecule has 0 aromatic carbocycles. The highest BCUT2D eigenvalue weighted by atomic mass is 31.0. The van der Waals surface area contributed by atoms with Crippen LogP contribution in [-0.2, 0) is 14.2 Å². The average molecular weight is 693 g/mol. The van der Waals surface area contributed by atoms with Crippen molar-refractivity contribution in [3.63, 3.8) is 0 Å². The molecular weight excluding hydrogens is 626 g/mol. The lowest BCUT2D eigenvalue weighted by Crippen LogP contribution is -2.72. The predicted octanol–water partition coefficient (Wildman–Crippen LogP) is 8.53. The van der Waals surface area contributed by atoms with E-state index in [2.05, 4.69) is 18.5 Å². The Bertz CT molecular complexity index is 1060. The van der Waals surface area contributed by atoms with Gasteiger partial charge in [0.15, 0.2) is 5.79 Å². The minimum absolute atomic E-state index is 0.103. The summed E-state index contributed by atoms with van der Waals surface area (Å²) in [5.74, 6) is -0.588. The molecule has 8 aliphatic rings. The fourth-order valence-corrected chi connectivity index (χ4v) is 13.6. The Hall–Kier alpha value is 0.580. The van der Waals surface area contributed by atoms with Crippen LogP contribution in [0.25, 0.3) is 0 Å². The van der Waals surface area contributed by atoms with Crippen LogP contribution in [-0.4, -0.2) is 85.2 Å². The summed E-state index contributed by atoms with van der Waals surface area (Å²) in [5, 5.41) is 28.0. The lowest BCUT2D eigenvalue weighted by molar-refractivity contribution is -0.396.